The number of Topliss-reactive ketones (excluding diaryl/α,β-unsaturated/α-hetero) is 2. The molecule has 0 unspecified atom stereocenters. The molecule has 194 valence electrons. The zero-order valence-electron chi connectivity index (χ0n) is 22.2. The van der Waals surface area contributed by atoms with Gasteiger partial charge in [-0.05, 0) is 69.6 Å². The van der Waals surface area contributed by atoms with E-state index in [2.05, 4.69) is 41.0 Å². The van der Waals surface area contributed by atoms with Crippen molar-refractivity contribution in [3.8, 4) is 16.9 Å². The first kappa shape index (κ1) is 23.3. The third-order valence-electron chi connectivity index (χ3n) is 8.07. The minimum atomic E-state index is -0.265. The molecule has 0 radical (unpaired) electrons. The van der Waals surface area contributed by atoms with Crippen molar-refractivity contribution in [2.24, 2.45) is 7.05 Å². The first-order valence-electron chi connectivity index (χ1n) is 13.5. The summed E-state index contributed by atoms with van der Waals surface area (Å²) < 4.78 is 4.09. The molecule has 5 aromatic carbocycles. The lowest BCUT2D eigenvalue weighted by atomic mass is 10.0. The number of hydrogen-bond acceptors (Lipinski definition) is 3. The summed E-state index contributed by atoms with van der Waals surface area (Å²) in [6, 6.07) is 38.2. The lowest BCUT2D eigenvalue weighted by Gasteiger charge is -2.08. The topological polar surface area (TPSA) is 56.9 Å². The minimum Gasteiger partial charge on any atom is -0.327 e. The largest absolute Gasteiger partial charge is 0.327 e. The van der Waals surface area contributed by atoms with Crippen molar-refractivity contribution in [2.45, 2.75) is 0 Å². The fourth-order valence-electron chi connectivity index (χ4n) is 6.00. The average Bonchev–Trinajstić information content (AvgIpc) is 3.61. The van der Waals surface area contributed by atoms with E-state index < -0.39 is 0 Å². The van der Waals surface area contributed by atoms with Gasteiger partial charge in [-0.1, -0.05) is 78.9 Å². The van der Waals surface area contributed by atoms with Crippen LogP contribution in [-0.2, 0) is 7.05 Å². The second kappa shape index (κ2) is 8.73. The van der Waals surface area contributed by atoms with Gasteiger partial charge in [0.25, 0.3) is 0 Å². The number of para-hydroxylation sites is 1. The van der Waals surface area contributed by atoms with Crippen LogP contribution in [0.3, 0.4) is 0 Å². The number of imidazole rings is 1. The molecule has 5 nitrogen and oxygen atoms in total. The van der Waals surface area contributed by atoms with Crippen LogP contribution in [0.5, 0.6) is 0 Å². The number of nitrogens with zero attached hydrogens (tertiary/aromatic N) is 3. The van der Waals surface area contributed by atoms with Crippen LogP contribution in [0, 0.1) is 0 Å². The third kappa shape index (κ3) is 3.52. The fourth-order valence-corrected chi connectivity index (χ4v) is 6.00. The van der Waals surface area contributed by atoms with Crippen LogP contribution >= 0.6 is 0 Å². The van der Waals surface area contributed by atoms with Gasteiger partial charge in [0.1, 0.15) is 5.82 Å². The SMILES string of the molecule is Cn1c(-c2ccc3ccccc3c2)cc2c1nc(C=C1C(=O)c3cc4ccccc4cc3C1=O)n2-c1ccccc1. The lowest BCUT2D eigenvalue weighted by molar-refractivity contribution is 0.0990. The summed E-state index contributed by atoms with van der Waals surface area (Å²) in [6.07, 6.45) is 1.65. The number of allylic oxidation sites excluding steroid dienone is 1. The van der Waals surface area contributed by atoms with Gasteiger partial charge in [0.2, 0.25) is 0 Å². The van der Waals surface area contributed by atoms with Gasteiger partial charge in [-0.25, -0.2) is 4.98 Å². The van der Waals surface area contributed by atoms with E-state index in [0.29, 0.717) is 17.0 Å². The van der Waals surface area contributed by atoms with Gasteiger partial charge < -0.3 is 4.57 Å². The first-order valence-corrected chi connectivity index (χ1v) is 13.5. The molecular formula is C36H23N3O2. The van der Waals surface area contributed by atoms with Gasteiger partial charge >= 0.3 is 0 Å². The van der Waals surface area contributed by atoms with Crippen LogP contribution < -0.4 is 0 Å². The van der Waals surface area contributed by atoms with E-state index in [9.17, 15) is 9.59 Å². The highest BCUT2D eigenvalue weighted by atomic mass is 16.2. The number of hydrogen-bond donors (Lipinski definition) is 0. The van der Waals surface area contributed by atoms with Crippen molar-refractivity contribution in [3.05, 3.63) is 138 Å². The molecule has 8 rings (SSSR count). The maximum atomic E-state index is 13.5. The second-order valence-corrected chi connectivity index (χ2v) is 10.5. The summed E-state index contributed by atoms with van der Waals surface area (Å²) in [6.45, 7) is 0. The van der Waals surface area contributed by atoms with E-state index in [0.717, 1.165) is 38.9 Å². The highest BCUT2D eigenvalue weighted by molar-refractivity contribution is 6.42. The Morgan fingerprint density at radius 2 is 1.22 bits per heavy atom. The van der Waals surface area contributed by atoms with E-state index >= 15 is 0 Å². The molecule has 0 aliphatic heterocycles. The Bertz CT molecular complexity index is 2190. The molecule has 0 spiro atoms. The van der Waals surface area contributed by atoms with Crippen molar-refractivity contribution >= 4 is 50.4 Å². The molecule has 0 fully saturated rings. The van der Waals surface area contributed by atoms with Gasteiger partial charge in [-0.15, -0.1) is 0 Å². The van der Waals surface area contributed by atoms with E-state index in [-0.39, 0.29) is 17.1 Å². The summed E-state index contributed by atoms with van der Waals surface area (Å²) >= 11 is 0. The Morgan fingerprint density at radius 1 is 0.634 bits per heavy atom. The van der Waals surface area contributed by atoms with Crippen LogP contribution in [0.2, 0.25) is 0 Å². The molecule has 1 aliphatic carbocycles. The van der Waals surface area contributed by atoms with Crippen molar-refractivity contribution < 1.29 is 9.59 Å². The predicted molar refractivity (Wildman–Crippen MR) is 164 cm³/mol. The van der Waals surface area contributed by atoms with Crippen molar-refractivity contribution in [1.82, 2.24) is 14.1 Å². The van der Waals surface area contributed by atoms with Gasteiger partial charge in [-0.3, -0.25) is 14.2 Å². The normalized spacial score (nSPS) is 13.0. The Kier molecular flexibility index (Phi) is 4.97. The summed E-state index contributed by atoms with van der Waals surface area (Å²) in [5, 5.41) is 4.24. The van der Waals surface area contributed by atoms with Crippen LogP contribution in [0.4, 0.5) is 0 Å². The Hall–Kier alpha value is -5.55. The van der Waals surface area contributed by atoms with Gasteiger partial charge in [-0.2, -0.15) is 0 Å². The molecule has 0 saturated carbocycles. The number of benzene rings is 5. The maximum Gasteiger partial charge on any atom is 0.197 e. The fraction of sp³-hybridized carbons (Fsp3) is 0.0278. The number of fused-ring (bicyclic) bond motifs is 4. The molecule has 0 saturated heterocycles. The summed E-state index contributed by atoms with van der Waals surface area (Å²) in [7, 11) is 2.00. The molecule has 2 heterocycles. The summed E-state index contributed by atoms with van der Waals surface area (Å²) in [4.78, 5) is 32.1. The van der Waals surface area contributed by atoms with E-state index in [1.165, 1.54) is 10.8 Å². The number of carbonyl (C=O) groups is 2. The van der Waals surface area contributed by atoms with Gasteiger partial charge in [0.05, 0.1) is 16.8 Å². The molecule has 0 N–H and O–H groups in total. The van der Waals surface area contributed by atoms with Crippen LogP contribution in [0.1, 0.15) is 26.5 Å². The molecule has 41 heavy (non-hydrogen) atoms. The number of ketones is 2. The molecule has 1 aliphatic rings. The van der Waals surface area contributed by atoms with Gasteiger partial charge in [0, 0.05) is 23.9 Å². The minimum absolute atomic E-state index is 0.137. The smallest absolute Gasteiger partial charge is 0.197 e. The van der Waals surface area contributed by atoms with Gasteiger partial charge in [0.15, 0.2) is 17.2 Å². The molecule has 0 bridgehead atoms. The summed E-state index contributed by atoms with van der Waals surface area (Å²) in [5.74, 6) is 0.00877. The Balaban J connectivity index is 1.31. The van der Waals surface area contributed by atoms with Crippen molar-refractivity contribution in [2.75, 3.05) is 0 Å². The summed E-state index contributed by atoms with van der Waals surface area (Å²) in [5.41, 5.74) is 5.72. The van der Waals surface area contributed by atoms with E-state index in [4.69, 9.17) is 4.98 Å². The molecule has 0 amide bonds. The first-order chi connectivity index (χ1) is 20.1. The lowest BCUT2D eigenvalue weighted by Crippen LogP contribution is -2.03. The monoisotopic (exact) mass is 529 g/mol. The number of rotatable bonds is 3. The predicted octanol–water partition coefficient (Wildman–Crippen LogP) is 7.80. The van der Waals surface area contributed by atoms with Crippen LogP contribution in [0.25, 0.3) is 55.7 Å². The second-order valence-electron chi connectivity index (χ2n) is 10.5. The Morgan fingerprint density at radius 3 is 1.88 bits per heavy atom. The molecule has 5 heteroatoms. The van der Waals surface area contributed by atoms with Crippen LogP contribution in [-0.4, -0.2) is 25.7 Å². The number of aromatic nitrogens is 3. The standard InChI is InChI=1S/C36H23N3O2/c1-38-31(26-16-15-22-9-5-6-10-23(22)17-26)21-32-36(38)37-33(39(32)27-13-3-2-4-14-27)20-30-34(40)28-18-24-11-7-8-12-25(24)19-29(28)35(30)41/h2-21H,1H3. The molecule has 0 atom stereocenters. The zero-order valence-corrected chi connectivity index (χ0v) is 22.2. The molecule has 7 aromatic rings. The van der Waals surface area contributed by atoms with Crippen molar-refractivity contribution in [1.29, 1.82) is 0 Å². The quantitative estimate of drug-likeness (QED) is 0.173. The zero-order chi connectivity index (χ0) is 27.7. The molecular weight excluding hydrogens is 506 g/mol. The van der Waals surface area contributed by atoms with Crippen molar-refractivity contribution in [3.63, 3.8) is 0 Å². The average molecular weight is 530 g/mol. The van der Waals surface area contributed by atoms with Crippen LogP contribution in [0.15, 0.2) is 121 Å². The number of carbonyl (C=O) groups excluding carboxylic acids is 2. The highest BCUT2D eigenvalue weighted by Crippen LogP contribution is 2.35. The van der Waals surface area contributed by atoms with E-state index in [1.807, 2.05) is 90.5 Å². The third-order valence-corrected chi connectivity index (χ3v) is 8.07. The number of aryl methyl sites for hydroxylation is 1. The molecule has 2 aromatic heterocycles. The maximum absolute atomic E-state index is 13.5. The van der Waals surface area contributed by atoms with E-state index in [1.54, 1.807) is 6.08 Å². The Labute approximate surface area is 235 Å². The highest BCUT2D eigenvalue weighted by Gasteiger charge is 2.34.